The number of hydrogen-bond donors (Lipinski definition) is 2. The van der Waals surface area contributed by atoms with E-state index in [-0.39, 0.29) is 23.9 Å². The SMILES string of the molecule is CN(C)CC1CCN(S(=O)(=O)c2nc(Oc3c4c(cc5c3CCC5)CCC4)n[nH]2)C1.CN(C)CC1CCNC1.C[Si](C)(C)CCOCn1nc(S(=O)(=O)Cl)nc1Oc1c2c(cc3c1CCC3)CCC2. The largest absolute Gasteiger partial charge is 0.424 e. The first kappa shape index (κ1) is 51.9. The van der Waals surface area contributed by atoms with Crippen molar-refractivity contribution in [2.45, 2.75) is 133 Å². The number of rotatable bonds is 16. The van der Waals surface area contributed by atoms with E-state index < -0.39 is 32.3 Å². The molecule has 2 atom stereocenters. The van der Waals surface area contributed by atoms with E-state index in [9.17, 15) is 16.8 Å². The maximum atomic E-state index is 13.0. The van der Waals surface area contributed by atoms with Crippen LogP contribution in [0, 0.1) is 11.8 Å². The molecule has 2 aliphatic heterocycles. The van der Waals surface area contributed by atoms with Gasteiger partial charge in [0.05, 0.1) is 0 Å². The minimum atomic E-state index is -4.07. The smallest absolute Gasteiger partial charge is 0.342 e. The molecule has 17 nitrogen and oxygen atoms in total. The zero-order valence-corrected chi connectivity index (χ0v) is 45.1. The van der Waals surface area contributed by atoms with Crippen LogP contribution in [0.5, 0.6) is 23.5 Å². The molecule has 0 saturated carbocycles. The van der Waals surface area contributed by atoms with Gasteiger partial charge < -0.3 is 29.3 Å². The zero-order valence-electron chi connectivity index (χ0n) is 41.7. The molecule has 69 heavy (non-hydrogen) atoms. The molecule has 21 heteroatoms. The van der Waals surface area contributed by atoms with Crippen LogP contribution in [0.1, 0.15) is 83.0 Å². The number of aromatic nitrogens is 6. The minimum absolute atomic E-state index is 0.0659. The third-order valence-corrected chi connectivity index (χ3v) is 18.4. The highest BCUT2D eigenvalue weighted by Crippen LogP contribution is 2.43. The van der Waals surface area contributed by atoms with Crippen LogP contribution in [0.3, 0.4) is 0 Å². The second kappa shape index (κ2) is 22.1. The third kappa shape index (κ3) is 13.0. The predicted molar refractivity (Wildman–Crippen MR) is 270 cm³/mol. The number of halogens is 1. The molecule has 0 amide bonds. The number of ether oxygens (including phenoxy) is 3. The Balaban J connectivity index is 0.000000158. The summed E-state index contributed by atoms with van der Waals surface area (Å²) in [6.45, 7) is 13.0. The lowest BCUT2D eigenvalue weighted by Crippen LogP contribution is -2.31. The van der Waals surface area contributed by atoms with Gasteiger partial charge in [0, 0.05) is 51.5 Å². The fourth-order valence-electron chi connectivity index (χ4n) is 10.6. The Labute approximate surface area is 414 Å². The molecule has 4 aliphatic carbocycles. The van der Waals surface area contributed by atoms with Crippen LogP contribution < -0.4 is 14.8 Å². The minimum Gasteiger partial charge on any atom is -0.424 e. The number of hydrogen-bond acceptors (Lipinski definition) is 14. The maximum Gasteiger partial charge on any atom is 0.342 e. The first-order valence-electron chi connectivity index (χ1n) is 24.9. The number of nitrogens with zero attached hydrogens (tertiary/aromatic N) is 8. The Hall–Kier alpha value is -3.47. The van der Waals surface area contributed by atoms with Crippen molar-refractivity contribution in [3.8, 4) is 23.5 Å². The molecule has 2 aromatic heterocycles. The quantitative estimate of drug-likeness (QED) is 0.0695. The molecule has 0 radical (unpaired) electrons. The second-order valence-electron chi connectivity index (χ2n) is 21.4. The summed E-state index contributed by atoms with van der Waals surface area (Å²) in [5, 5.41) is 13.5. The van der Waals surface area contributed by atoms with Gasteiger partial charge in [-0.15, -0.1) is 10.2 Å². The summed E-state index contributed by atoms with van der Waals surface area (Å²) in [4.78, 5) is 12.7. The standard InChI is InChI=1S/C21H29N5O3S.C20H28ClN3O4SSi.C7H16N2/c1-25(2)12-14-9-10-26(13-14)30(27,28)21-22-20(23-24-21)29-19-17-7-3-5-15(17)11-16-6-4-8-18(16)19;1-30(2,3)11-10-27-13-24-20(22-19(23-24)29(21,25)26)28-18-16-8-4-6-14(16)12-15-7-5-9-17(15)18;1-9(2)6-7-3-4-8-5-7/h11,14H,3-10,12-13H2,1-2H3,(H,22,23,24);12H,4-11,13H2,1-3H3;7-8H,3-6H2,1-2H3. The highest BCUT2D eigenvalue weighted by atomic mass is 35.7. The lowest BCUT2D eigenvalue weighted by atomic mass is 10.0. The highest BCUT2D eigenvalue weighted by molar-refractivity contribution is 8.13. The summed E-state index contributed by atoms with van der Waals surface area (Å²) in [6.07, 6.45) is 14.8. The van der Waals surface area contributed by atoms with Crippen LogP contribution >= 0.6 is 10.7 Å². The molecule has 2 N–H and O–H groups in total. The topological polar surface area (TPSA) is 190 Å². The van der Waals surface area contributed by atoms with Crippen LogP contribution in [0.4, 0.5) is 0 Å². The number of nitrogens with one attached hydrogen (secondary N) is 2. The molecule has 0 bridgehead atoms. The molecule has 2 saturated heterocycles. The number of aryl methyl sites for hydroxylation is 4. The van der Waals surface area contributed by atoms with Crippen molar-refractivity contribution < 1.29 is 31.0 Å². The molecule has 6 aliphatic rings. The molecule has 2 aromatic carbocycles. The monoisotopic (exact) mass is 1030 g/mol. The van der Waals surface area contributed by atoms with Gasteiger partial charge >= 0.3 is 12.0 Å². The predicted octanol–water partition coefficient (Wildman–Crippen LogP) is 6.59. The Morgan fingerprint density at radius 3 is 1.81 bits per heavy atom. The van der Waals surface area contributed by atoms with E-state index in [1.807, 2.05) is 14.1 Å². The average molecular weight is 1030 g/mol. The highest BCUT2D eigenvalue weighted by Gasteiger charge is 2.36. The van der Waals surface area contributed by atoms with Gasteiger partial charge in [0.1, 0.15) is 18.2 Å². The third-order valence-electron chi connectivity index (χ3n) is 14.0. The van der Waals surface area contributed by atoms with Gasteiger partial charge in [-0.3, -0.25) is 0 Å². The number of benzene rings is 2. The molecule has 4 heterocycles. The fourth-order valence-corrected chi connectivity index (χ4v) is 13.3. The Kier molecular flexibility index (Phi) is 16.6. The Bertz CT molecular complexity index is 2600. The van der Waals surface area contributed by atoms with Gasteiger partial charge in [-0.05, 0) is 194 Å². The molecular formula is C48H73ClN10O7S2Si. The van der Waals surface area contributed by atoms with Crippen LogP contribution in [-0.2, 0) is 81.9 Å². The van der Waals surface area contributed by atoms with E-state index in [1.54, 1.807) is 0 Å². The van der Waals surface area contributed by atoms with Gasteiger partial charge in [0.15, 0.2) is 0 Å². The van der Waals surface area contributed by atoms with E-state index in [1.165, 1.54) is 79.5 Å². The number of aromatic amines is 1. The van der Waals surface area contributed by atoms with Crippen molar-refractivity contribution in [2.24, 2.45) is 11.8 Å². The number of sulfonamides is 1. The molecular weight excluding hydrogens is 956 g/mol. The first-order valence-corrected chi connectivity index (χ1v) is 32.4. The van der Waals surface area contributed by atoms with Gasteiger partial charge in [-0.2, -0.15) is 19.0 Å². The normalized spacial score (nSPS) is 19.9. The van der Waals surface area contributed by atoms with Crippen molar-refractivity contribution in [1.82, 2.24) is 49.4 Å². The molecule has 380 valence electrons. The van der Waals surface area contributed by atoms with Crippen LogP contribution in [0.25, 0.3) is 0 Å². The zero-order chi connectivity index (χ0) is 49.1. The number of fused-ring (bicyclic) bond motifs is 4. The van der Waals surface area contributed by atoms with E-state index in [0.717, 1.165) is 113 Å². The average Bonchev–Trinajstić information content (AvgIpc) is 4.11. The summed E-state index contributed by atoms with van der Waals surface area (Å²) < 4.78 is 70.7. The van der Waals surface area contributed by atoms with Crippen molar-refractivity contribution in [1.29, 1.82) is 0 Å². The molecule has 2 fully saturated rings. The van der Waals surface area contributed by atoms with Crippen LogP contribution in [-0.4, -0.2) is 143 Å². The van der Waals surface area contributed by atoms with Crippen LogP contribution in [0.2, 0.25) is 25.7 Å². The molecule has 10 rings (SSSR count). The Morgan fingerprint density at radius 1 is 0.754 bits per heavy atom. The molecule has 0 spiro atoms. The van der Waals surface area contributed by atoms with Crippen molar-refractivity contribution >= 4 is 37.8 Å². The first-order chi connectivity index (χ1) is 32.8. The second-order valence-corrected chi connectivity index (χ2v) is 31.3. The summed E-state index contributed by atoms with van der Waals surface area (Å²) in [7, 11) is 4.78. The van der Waals surface area contributed by atoms with Gasteiger partial charge in [0.25, 0.3) is 29.4 Å². The molecule has 4 aromatic rings. The summed E-state index contributed by atoms with van der Waals surface area (Å²) in [5.41, 5.74) is 10.3. The fraction of sp³-hybridized carbons (Fsp3) is 0.667. The van der Waals surface area contributed by atoms with Crippen molar-refractivity contribution in [3.05, 3.63) is 56.6 Å². The van der Waals surface area contributed by atoms with Gasteiger partial charge in [-0.25, -0.2) is 21.9 Å². The van der Waals surface area contributed by atoms with Crippen molar-refractivity contribution in [2.75, 3.05) is 74.1 Å². The van der Waals surface area contributed by atoms with E-state index in [4.69, 9.17) is 24.9 Å². The van der Waals surface area contributed by atoms with E-state index in [0.29, 0.717) is 25.6 Å². The number of H-pyrrole nitrogens is 1. The lowest BCUT2D eigenvalue weighted by Gasteiger charge is -2.17. The van der Waals surface area contributed by atoms with E-state index >= 15 is 0 Å². The maximum absolute atomic E-state index is 13.0. The summed E-state index contributed by atoms with van der Waals surface area (Å²) in [5.74, 6) is 2.93. The lowest BCUT2D eigenvalue weighted by molar-refractivity contribution is 0.0723. The van der Waals surface area contributed by atoms with Gasteiger partial charge in [-0.1, -0.05) is 31.8 Å². The molecule has 2 unspecified atom stereocenters. The van der Waals surface area contributed by atoms with Gasteiger partial charge in [0.2, 0.25) is 0 Å². The summed E-state index contributed by atoms with van der Waals surface area (Å²) >= 11 is 0. The van der Waals surface area contributed by atoms with Crippen LogP contribution in [0.15, 0.2) is 22.4 Å². The van der Waals surface area contributed by atoms with Crippen molar-refractivity contribution in [3.63, 3.8) is 0 Å². The summed E-state index contributed by atoms with van der Waals surface area (Å²) in [6, 6.07) is 5.85. The van der Waals surface area contributed by atoms with E-state index in [2.05, 4.69) is 86.2 Å². The Morgan fingerprint density at radius 2 is 1.30 bits per heavy atom.